The van der Waals surface area contributed by atoms with Gasteiger partial charge in [-0.2, -0.15) is 0 Å². The number of rotatable bonds is 4. The van der Waals surface area contributed by atoms with Crippen LogP contribution in [0.15, 0.2) is 65.6 Å². The van der Waals surface area contributed by atoms with Crippen LogP contribution in [0.2, 0.25) is 0 Å². The maximum absolute atomic E-state index is 13.7. The van der Waals surface area contributed by atoms with Gasteiger partial charge in [-0.15, -0.1) is 0 Å². The molecule has 3 rings (SSSR count). The van der Waals surface area contributed by atoms with Crippen molar-refractivity contribution in [1.82, 2.24) is 0 Å². The molecule has 128 valence electrons. The minimum Gasteiger partial charge on any atom is -0.324 e. The molecule has 0 spiro atoms. The maximum atomic E-state index is 13.7. The van der Waals surface area contributed by atoms with Crippen LogP contribution >= 0.6 is 0 Å². The highest BCUT2D eigenvalue weighted by molar-refractivity contribution is 7.92. The van der Waals surface area contributed by atoms with Gasteiger partial charge in [0.15, 0.2) is 0 Å². The molecule has 0 aliphatic rings. The fourth-order valence-corrected chi connectivity index (χ4v) is 3.51. The van der Waals surface area contributed by atoms with Crippen LogP contribution in [0.25, 0.3) is 10.8 Å². The number of hydrogen-bond acceptors (Lipinski definition) is 3. The number of anilines is 2. The van der Waals surface area contributed by atoms with Gasteiger partial charge in [-0.3, -0.25) is 9.52 Å². The van der Waals surface area contributed by atoms with E-state index in [-0.39, 0.29) is 16.3 Å². The number of amides is 1. The van der Waals surface area contributed by atoms with Crippen LogP contribution in [0.5, 0.6) is 0 Å². The van der Waals surface area contributed by atoms with Gasteiger partial charge in [-0.05, 0) is 41.1 Å². The first-order valence-corrected chi connectivity index (χ1v) is 8.92. The maximum Gasteiger partial charge on any atom is 0.261 e. The summed E-state index contributed by atoms with van der Waals surface area (Å²) in [5.41, 5.74) is 0.0597. The second-order valence-corrected chi connectivity index (χ2v) is 7.17. The number of hydrogen-bond donors (Lipinski definition) is 2. The van der Waals surface area contributed by atoms with Crippen molar-refractivity contribution in [2.24, 2.45) is 0 Å². The van der Waals surface area contributed by atoms with E-state index in [1.165, 1.54) is 25.1 Å². The van der Waals surface area contributed by atoms with Crippen molar-refractivity contribution in [3.8, 4) is 0 Å². The Bertz CT molecular complexity index is 1060. The average molecular weight is 358 g/mol. The molecule has 0 atom stereocenters. The van der Waals surface area contributed by atoms with E-state index in [4.69, 9.17) is 0 Å². The second kappa shape index (κ2) is 6.52. The van der Waals surface area contributed by atoms with Crippen molar-refractivity contribution >= 4 is 38.1 Å². The van der Waals surface area contributed by atoms with E-state index in [9.17, 15) is 17.6 Å². The molecule has 7 heteroatoms. The van der Waals surface area contributed by atoms with Crippen molar-refractivity contribution in [2.45, 2.75) is 11.8 Å². The molecule has 0 aliphatic heterocycles. The first-order valence-electron chi connectivity index (χ1n) is 7.44. The SMILES string of the molecule is CC(=O)Nc1cc(NS(=O)(=O)c2ccc3ccccc3c2)ccc1F. The predicted molar refractivity (Wildman–Crippen MR) is 95.5 cm³/mol. The van der Waals surface area contributed by atoms with Gasteiger partial charge in [0, 0.05) is 6.92 Å². The fourth-order valence-electron chi connectivity index (χ4n) is 2.42. The van der Waals surface area contributed by atoms with Crippen molar-refractivity contribution in [2.75, 3.05) is 10.0 Å². The lowest BCUT2D eigenvalue weighted by Gasteiger charge is -2.11. The fraction of sp³-hybridized carbons (Fsp3) is 0.0556. The molecule has 0 aromatic heterocycles. The van der Waals surface area contributed by atoms with Crippen LogP contribution in [-0.2, 0) is 14.8 Å². The van der Waals surface area contributed by atoms with Gasteiger partial charge in [-0.25, -0.2) is 12.8 Å². The monoisotopic (exact) mass is 358 g/mol. The number of nitrogens with one attached hydrogen (secondary N) is 2. The minimum atomic E-state index is -3.85. The minimum absolute atomic E-state index is 0.0915. The van der Waals surface area contributed by atoms with Crippen LogP contribution in [0.4, 0.5) is 15.8 Å². The zero-order valence-corrected chi connectivity index (χ0v) is 14.1. The second-order valence-electron chi connectivity index (χ2n) is 5.49. The summed E-state index contributed by atoms with van der Waals surface area (Å²) < 4.78 is 41.2. The number of sulfonamides is 1. The van der Waals surface area contributed by atoms with Gasteiger partial charge in [0.05, 0.1) is 16.3 Å². The third-order valence-corrected chi connectivity index (χ3v) is 4.94. The molecule has 0 bridgehead atoms. The summed E-state index contributed by atoms with van der Waals surface area (Å²) >= 11 is 0. The molecule has 0 saturated heterocycles. The lowest BCUT2D eigenvalue weighted by Crippen LogP contribution is -2.14. The van der Waals surface area contributed by atoms with Crippen molar-refractivity contribution < 1.29 is 17.6 Å². The molecular formula is C18H15FN2O3S. The molecular weight excluding hydrogens is 343 g/mol. The first kappa shape index (κ1) is 16.9. The smallest absolute Gasteiger partial charge is 0.261 e. The van der Waals surface area contributed by atoms with E-state index >= 15 is 0 Å². The number of fused-ring (bicyclic) bond motifs is 1. The Morgan fingerprint density at radius 3 is 2.40 bits per heavy atom. The number of halogens is 1. The lowest BCUT2D eigenvalue weighted by atomic mass is 10.1. The molecule has 5 nitrogen and oxygen atoms in total. The number of carbonyl (C=O) groups excluding carboxylic acids is 1. The summed E-state index contributed by atoms with van der Waals surface area (Å²) in [7, 11) is -3.85. The molecule has 0 unspecified atom stereocenters. The van der Waals surface area contributed by atoms with Crippen LogP contribution in [0.3, 0.4) is 0 Å². The summed E-state index contributed by atoms with van der Waals surface area (Å²) in [5, 5.41) is 4.04. The highest BCUT2D eigenvalue weighted by Gasteiger charge is 2.16. The highest BCUT2D eigenvalue weighted by Crippen LogP contribution is 2.24. The Morgan fingerprint density at radius 2 is 1.68 bits per heavy atom. The van der Waals surface area contributed by atoms with Gasteiger partial charge >= 0.3 is 0 Å². The van der Waals surface area contributed by atoms with Gasteiger partial charge in [-0.1, -0.05) is 30.3 Å². The largest absolute Gasteiger partial charge is 0.324 e. The van der Waals surface area contributed by atoms with Gasteiger partial charge in [0.2, 0.25) is 5.91 Å². The Balaban J connectivity index is 1.93. The standard InChI is InChI=1S/C18H15FN2O3S/c1-12(22)20-18-11-15(7-9-17(18)19)21-25(23,24)16-8-6-13-4-2-3-5-14(13)10-16/h2-11,21H,1H3,(H,20,22). The van der Waals surface area contributed by atoms with E-state index in [0.29, 0.717) is 0 Å². The molecule has 0 heterocycles. The Hall–Kier alpha value is -2.93. The Labute approximate surface area is 144 Å². The first-order chi connectivity index (χ1) is 11.8. The average Bonchev–Trinajstić information content (AvgIpc) is 2.57. The van der Waals surface area contributed by atoms with Gasteiger partial charge in [0.25, 0.3) is 10.0 Å². The van der Waals surface area contributed by atoms with Crippen molar-refractivity contribution in [1.29, 1.82) is 0 Å². The van der Waals surface area contributed by atoms with E-state index in [0.717, 1.165) is 16.8 Å². The molecule has 25 heavy (non-hydrogen) atoms. The van der Waals surface area contributed by atoms with Crippen LogP contribution in [0, 0.1) is 5.82 Å². The zero-order chi connectivity index (χ0) is 18.0. The highest BCUT2D eigenvalue weighted by atomic mass is 32.2. The topological polar surface area (TPSA) is 75.3 Å². The third-order valence-electron chi connectivity index (χ3n) is 3.56. The molecule has 2 N–H and O–H groups in total. The number of carbonyl (C=O) groups is 1. The van der Waals surface area contributed by atoms with E-state index in [2.05, 4.69) is 10.0 Å². The normalized spacial score (nSPS) is 11.3. The van der Waals surface area contributed by atoms with E-state index < -0.39 is 21.7 Å². The van der Waals surface area contributed by atoms with Crippen molar-refractivity contribution in [3.63, 3.8) is 0 Å². The van der Waals surface area contributed by atoms with Crippen LogP contribution in [-0.4, -0.2) is 14.3 Å². The third kappa shape index (κ3) is 3.77. The summed E-state index contributed by atoms with van der Waals surface area (Å²) in [4.78, 5) is 11.2. The van der Waals surface area contributed by atoms with E-state index in [1.54, 1.807) is 12.1 Å². The van der Waals surface area contributed by atoms with Crippen molar-refractivity contribution in [3.05, 3.63) is 66.5 Å². The quantitative estimate of drug-likeness (QED) is 0.746. The molecule has 0 aliphatic carbocycles. The van der Waals surface area contributed by atoms with Crippen LogP contribution < -0.4 is 10.0 Å². The number of benzene rings is 3. The molecule has 0 fully saturated rings. The summed E-state index contributed by atoms with van der Waals surface area (Å²) in [6, 6.07) is 15.8. The Morgan fingerprint density at radius 1 is 0.960 bits per heavy atom. The molecule has 1 amide bonds. The lowest BCUT2D eigenvalue weighted by molar-refractivity contribution is -0.114. The van der Waals surface area contributed by atoms with Gasteiger partial charge in [0.1, 0.15) is 5.82 Å². The predicted octanol–water partition coefficient (Wildman–Crippen LogP) is 3.74. The summed E-state index contributed by atoms with van der Waals surface area (Å²) in [6.07, 6.45) is 0. The zero-order valence-electron chi connectivity index (χ0n) is 13.3. The molecule has 0 radical (unpaired) electrons. The van der Waals surface area contributed by atoms with Crippen LogP contribution in [0.1, 0.15) is 6.92 Å². The molecule has 3 aromatic rings. The van der Waals surface area contributed by atoms with Gasteiger partial charge < -0.3 is 5.32 Å². The molecule has 3 aromatic carbocycles. The Kier molecular flexibility index (Phi) is 4.41. The summed E-state index contributed by atoms with van der Waals surface area (Å²) in [5.74, 6) is -1.10. The van der Waals surface area contributed by atoms with E-state index in [1.807, 2.05) is 24.3 Å². The molecule has 0 saturated carbocycles. The summed E-state index contributed by atoms with van der Waals surface area (Å²) in [6.45, 7) is 1.24.